The molecule has 1 saturated carbocycles. The molecule has 0 radical (unpaired) electrons. The van der Waals surface area contributed by atoms with Crippen LogP contribution in [0.5, 0.6) is 0 Å². The summed E-state index contributed by atoms with van der Waals surface area (Å²) in [5.74, 6) is -1.58. The van der Waals surface area contributed by atoms with Crippen molar-refractivity contribution in [3.63, 3.8) is 0 Å². The molecule has 1 spiro atoms. The summed E-state index contributed by atoms with van der Waals surface area (Å²) in [5.41, 5.74) is 0.250. The summed E-state index contributed by atoms with van der Waals surface area (Å²) in [4.78, 5) is 0. The molecule has 1 aromatic carbocycles. The molecule has 104 valence electrons. The molecular formula is C15H19F2NO. The first-order chi connectivity index (χ1) is 9.19. The highest BCUT2D eigenvalue weighted by atomic mass is 19.2. The van der Waals surface area contributed by atoms with E-state index < -0.39 is 11.6 Å². The van der Waals surface area contributed by atoms with E-state index in [4.69, 9.17) is 4.74 Å². The smallest absolute Gasteiger partial charge is 0.181 e. The highest BCUT2D eigenvalue weighted by molar-refractivity contribution is 5.46. The molecule has 1 N–H and O–H groups in total. The molecule has 2 fully saturated rings. The van der Waals surface area contributed by atoms with Crippen LogP contribution in [0.2, 0.25) is 0 Å². The van der Waals surface area contributed by atoms with Gasteiger partial charge in [-0.15, -0.1) is 0 Å². The van der Waals surface area contributed by atoms with E-state index in [9.17, 15) is 8.78 Å². The van der Waals surface area contributed by atoms with Crippen LogP contribution in [0.15, 0.2) is 18.2 Å². The Labute approximate surface area is 112 Å². The van der Waals surface area contributed by atoms with Crippen LogP contribution < -0.4 is 5.32 Å². The average Bonchev–Trinajstić information content (AvgIpc) is 2.83. The topological polar surface area (TPSA) is 21.3 Å². The van der Waals surface area contributed by atoms with Crippen molar-refractivity contribution in [3.05, 3.63) is 29.8 Å². The summed E-state index contributed by atoms with van der Waals surface area (Å²) in [5, 5.41) is 3.15. The molecular weight excluding hydrogens is 248 g/mol. The average molecular weight is 267 g/mol. The molecule has 0 amide bonds. The van der Waals surface area contributed by atoms with Gasteiger partial charge in [0.1, 0.15) is 0 Å². The van der Waals surface area contributed by atoms with Crippen LogP contribution in [0, 0.1) is 11.6 Å². The van der Waals surface area contributed by atoms with Crippen molar-refractivity contribution in [2.45, 2.75) is 50.2 Å². The molecule has 1 aliphatic carbocycles. The third-order valence-corrected chi connectivity index (χ3v) is 4.32. The van der Waals surface area contributed by atoms with E-state index in [1.165, 1.54) is 18.9 Å². The second kappa shape index (κ2) is 5.08. The Morgan fingerprint density at radius 1 is 1.21 bits per heavy atom. The first-order valence-corrected chi connectivity index (χ1v) is 7.03. The second-order valence-corrected chi connectivity index (χ2v) is 5.67. The molecule has 1 aliphatic heterocycles. The van der Waals surface area contributed by atoms with Gasteiger partial charge in [-0.3, -0.25) is 0 Å². The summed E-state index contributed by atoms with van der Waals surface area (Å²) in [7, 11) is 0. The van der Waals surface area contributed by atoms with Crippen LogP contribution in [0.25, 0.3) is 0 Å². The SMILES string of the molecule is Fc1cccc(NC2CCOC3(CCCC3)C2)c1F. The van der Waals surface area contributed by atoms with Gasteiger partial charge in [0.15, 0.2) is 11.6 Å². The normalized spacial score (nSPS) is 25.7. The molecule has 2 aliphatic rings. The summed E-state index contributed by atoms with van der Waals surface area (Å²) >= 11 is 0. The van der Waals surface area contributed by atoms with Crippen LogP contribution in [0.3, 0.4) is 0 Å². The van der Waals surface area contributed by atoms with Crippen molar-refractivity contribution in [3.8, 4) is 0 Å². The van der Waals surface area contributed by atoms with Crippen molar-refractivity contribution in [1.82, 2.24) is 0 Å². The van der Waals surface area contributed by atoms with Crippen LogP contribution in [0.4, 0.5) is 14.5 Å². The lowest BCUT2D eigenvalue weighted by Crippen LogP contribution is -2.42. The Balaban J connectivity index is 1.71. The van der Waals surface area contributed by atoms with Crippen molar-refractivity contribution < 1.29 is 13.5 Å². The molecule has 1 aromatic rings. The standard InChI is InChI=1S/C15H19F2NO/c16-12-4-3-5-13(14(12)17)18-11-6-9-19-15(10-11)7-1-2-8-15/h3-5,11,18H,1-2,6-10H2. The third kappa shape index (κ3) is 2.59. The number of benzene rings is 1. The Bertz CT molecular complexity index is 457. The molecule has 1 saturated heterocycles. The zero-order chi connectivity index (χ0) is 13.3. The molecule has 0 aromatic heterocycles. The van der Waals surface area contributed by atoms with E-state index in [0.29, 0.717) is 6.61 Å². The minimum atomic E-state index is -0.798. The van der Waals surface area contributed by atoms with Gasteiger partial charge >= 0.3 is 0 Å². The first-order valence-electron chi connectivity index (χ1n) is 7.03. The number of anilines is 1. The fourth-order valence-corrected chi connectivity index (χ4v) is 3.35. The van der Waals surface area contributed by atoms with Crippen LogP contribution in [-0.2, 0) is 4.74 Å². The quantitative estimate of drug-likeness (QED) is 0.878. The maximum Gasteiger partial charge on any atom is 0.181 e. The van der Waals surface area contributed by atoms with Gasteiger partial charge in [-0.05, 0) is 37.8 Å². The summed E-state index contributed by atoms with van der Waals surface area (Å²) in [6.45, 7) is 0.703. The second-order valence-electron chi connectivity index (χ2n) is 5.67. The van der Waals surface area contributed by atoms with E-state index in [1.54, 1.807) is 6.07 Å². The largest absolute Gasteiger partial charge is 0.380 e. The number of rotatable bonds is 2. The van der Waals surface area contributed by atoms with Crippen LogP contribution in [-0.4, -0.2) is 18.2 Å². The molecule has 3 rings (SSSR count). The molecule has 4 heteroatoms. The molecule has 1 atom stereocenters. The van der Waals surface area contributed by atoms with Crippen molar-refractivity contribution >= 4 is 5.69 Å². The predicted molar refractivity (Wildman–Crippen MR) is 70.2 cm³/mol. The molecule has 0 bridgehead atoms. The Morgan fingerprint density at radius 2 is 2.00 bits per heavy atom. The van der Waals surface area contributed by atoms with Gasteiger partial charge in [0.2, 0.25) is 0 Å². The summed E-state index contributed by atoms with van der Waals surface area (Å²) in [6.07, 6.45) is 6.34. The third-order valence-electron chi connectivity index (χ3n) is 4.32. The van der Waals surface area contributed by atoms with Crippen molar-refractivity contribution in [2.24, 2.45) is 0 Å². The zero-order valence-corrected chi connectivity index (χ0v) is 10.9. The minimum Gasteiger partial charge on any atom is -0.380 e. The molecule has 1 heterocycles. The van der Waals surface area contributed by atoms with Gasteiger partial charge in [0, 0.05) is 12.6 Å². The summed E-state index contributed by atoms with van der Waals surface area (Å²) in [6, 6.07) is 4.44. The van der Waals surface area contributed by atoms with Gasteiger partial charge in [0.05, 0.1) is 11.3 Å². The lowest BCUT2D eigenvalue weighted by molar-refractivity contribution is -0.0767. The lowest BCUT2D eigenvalue weighted by Gasteiger charge is -2.39. The van der Waals surface area contributed by atoms with Crippen LogP contribution >= 0.6 is 0 Å². The van der Waals surface area contributed by atoms with E-state index >= 15 is 0 Å². The first kappa shape index (κ1) is 12.9. The van der Waals surface area contributed by atoms with Crippen LogP contribution in [0.1, 0.15) is 38.5 Å². The van der Waals surface area contributed by atoms with Gasteiger partial charge in [-0.2, -0.15) is 0 Å². The molecule has 1 unspecified atom stereocenters. The number of nitrogens with one attached hydrogen (secondary N) is 1. The van der Waals surface area contributed by atoms with Gasteiger partial charge in [0.25, 0.3) is 0 Å². The van der Waals surface area contributed by atoms with Gasteiger partial charge in [-0.1, -0.05) is 18.9 Å². The van der Waals surface area contributed by atoms with E-state index in [0.717, 1.165) is 31.7 Å². The van der Waals surface area contributed by atoms with E-state index in [1.807, 2.05) is 0 Å². The number of hydrogen-bond acceptors (Lipinski definition) is 2. The Kier molecular flexibility index (Phi) is 3.44. The zero-order valence-electron chi connectivity index (χ0n) is 10.9. The van der Waals surface area contributed by atoms with Crippen molar-refractivity contribution in [2.75, 3.05) is 11.9 Å². The fraction of sp³-hybridized carbons (Fsp3) is 0.600. The van der Waals surface area contributed by atoms with E-state index in [-0.39, 0.29) is 17.3 Å². The van der Waals surface area contributed by atoms with Gasteiger partial charge < -0.3 is 10.1 Å². The number of ether oxygens (including phenoxy) is 1. The maximum absolute atomic E-state index is 13.7. The van der Waals surface area contributed by atoms with Gasteiger partial charge in [-0.25, -0.2) is 8.78 Å². The highest BCUT2D eigenvalue weighted by Gasteiger charge is 2.40. The van der Waals surface area contributed by atoms with Crippen molar-refractivity contribution in [1.29, 1.82) is 0 Å². The lowest BCUT2D eigenvalue weighted by atomic mass is 9.89. The number of hydrogen-bond donors (Lipinski definition) is 1. The molecule has 19 heavy (non-hydrogen) atoms. The number of halogens is 2. The maximum atomic E-state index is 13.7. The summed E-state index contributed by atoms with van der Waals surface area (Å²) < 4.78 is 32.8. The Morgan fingerprint density at radius 3 is 2.79 bits per heavy atom. The highest BCUT2D eigenvalue weighted by Crippen LogP contribution is 2.40. The predicted octanol–water partition coefficient (Wildman–Crippen LogP) is 3.87. The van der Waals surface area contributed by atoms with E-state index in [2.05, 4.69) is 5.32 Å². The Hall–Kier alpha value is -1.16. The minimum absolute atomic E-state index is 0.0142. The monoisotopic (exact) mass is 267 g/mol. The fourth-order valence-electron chi connectivity index (χ4n) is 3.35. The molecule has 2 nitrogen and oxygen atoms in total.